The Labute approximate surface area is 182 Å². The lowest BCUT2D eigenvalue weighted by Crippen LogP contribution is -2.21. The van der Waals surface area contributed by atoms with Gasteiger partial charge in [-0.2, -0.15) is 0 Å². The van der Waals surface area contributed by atoms with E-state index in [-0.39, 0.29) is 29.8 Å². The summed E-state index contributed by atoms with van der Waals surface area (Å²) in [5, 5.41) is 0. The largest absolute Gasteiger partial charge is 0.493 e. The Morgan fingerprint density at radius 2 is 1.83 bits per heavy atom. The van der Waals surface area contributed by atoms with Gasteiger partial charge < -0.3 is 10.5 Å². The third-order valence-corrected chi connectivity index (χ3v) is 6.05. The van der Waals surface area contributed by atoms with Crippen molar-refractivity contribution in [3.8, 4) is 16.9 Å². The summed E-state index contributed by atoms with van der Waals surface area (Å²) in [4.78, 5) is 16.4. The normalized spacial score (nSPS) is 19.8. The van der Waals surface area contributed by atoms with Crippen LogP contribution in [-0.4, -0.2) is 16.2 Å². The molecule has 2 aliphatic carbocycles. The van der Waals surface area contributed by atoms with Crippen LogP contribution in [0.25, 0.3) is 11.1 Å². The van der Waals surface area contributed by atoms with E-state index in [1.807, 2.05) is 12.1 Å². The minimum atomic E-state index is -0.0997. The SMILES string of the molecule is Cl.Cn1c(N)nc([C@H]2C[C@H]2c2ccc(-c3cccc(OCC4CC4)c3)cc2)cc1=O. The Bertz CT molecular complexity index is 1110. The monoisotopic (exact) mass is 423 g/mol. The van der Waals surface area contributed by atoms with Crippen molar-refractivity contribution in [2.24, 2.45) is 13.0 Å². The standard InChI is InChI=1S/C24H25N3O2.ClH/c1-27-23(28)13-22(26-24(27)25)21-12-20(21)17-9-7-16(8-10-17)18-3-2-4-19(11-18)29-14-15-5-6-15;/h2-4,7-11,13,15,20-21H,5-6,12,14H2,1H3,(H2,25,26);1H/t20-,21-;/m0./s1. The van der Waals surface area contributed by atoms with Gasteiger partial charge in [0.05, 0.1) is 12.3 Å². The minimum Gasteiger partial charge on any atom is -0.493 e. The van der Waals surface area contributed by atoms with Crippen molar-refractivity contribution in [2.45, 2.75) is 31.1 Å². The predicted octanol–water partition coefficient (Wildman–Crippen LogP) is 4.51. The molecule has 0 amide bonds. The molecule has 2 N–H and O–H groups in total. The number of hydrogen-bond donors (Lipinski definition) is 1. The van der Waals surface area contributed by atoms with Crippen molar-refractivity contribution in [3.05, 3.63) is 76.2 Å². The maximum Gasteiger partial charge on any atom is 0.254 e. The van der Waals surface area contributed by atoms with Crippen LogP contribution in [-0.2, 0) is 7.05 Å². The zero-order valence-electron chi connectivity index (χ0n) is 17.0. The Kier molecular flexibility index (Phi) is 5.56. The minimum absolute atomic E-state index is 0. The molecule has 0 aliphatic heterocycles. The predicted molar refractivity (Wildman–Crippen MR) is 121 cm³/mol. The Morgan fingerprint density at radius 1 is 1.07 bits per heavy atom. The van der Waals surface area contributed by atoms with Gasteiger partial charge in [0.25, 0.3) is 5.56 Å². The Balaban J connectivity index is 0.00000218. The van der Waals surface area contributed by atoms with E-state index in [1.54, 1.807) is 13.1 Å². The lowest BCUT2D eigenvalue weighted by atomic mass is 10.0. The zero-order chi connectivity index (χ0) is 20.0. The summed E-state index contributed by atoms with van der Waals surface area (Å²) >= 11 is 0. The fourth-order valence-corrected chi connectivity index (χ4v) is 3.84. The summed E-state index contributed by atoms with van der Waals surface area (Å²) in [6.45, 7) is 0.826. The molecule has 2 fully saturated rings. The lowest BCUT2D eigenvalue weighted by Gasteiger charge is -2.09. The first-order chi connectivity index (χ1) is 14.1. The molecule has 30 heavy (non-hydrogen) atoms. The van der Waals surface area contributed by atoms with E-state index < -0.39 is 0 Å². The summed E-state index contributed by atoms with van der Waals surface area (Å²) in [5.41, 5.74) is 10.2. The topological polar surface area (TPSA) is 70.1 Å². The van der Waals surface area contributed by atoms with E-state index in [1.165, 1.54) is 28.5 Å². The molecule has 2 aliphatic rings. The van der Waals surface area contributed by atoms with Gasteiger partial charge in [-0.05, 0) is 59.9 Å². The van der Waals surface area contributed by atoms with Crippen molar-refractivity contribution < 1.29 is 4.74 Å². The second kappa shape index (κ2) is 8.15. The number of nitrogens with zero attached hydrogens (tertiary/aromatic N) is 2. The molecule has 1 heterocycles. The number of nitrogen functional groups attached to an aromatic ring is 1. The molecule has 5 rings (SSSR count). The fraction of sp³-hybridized carbons (Fsp3) is 0.333. The van der Waals surface area contributed by atoms with Gasteiger partial charge in [-0.15, -0.1) is 12.4 Å². The fourth-order valence-electron chi connectivity index (χ4n) is 3.84. The first-order valence-electron chi connectivity index (χ1n) is 10.2. The lowest BCUT2D eigenvalue weighted by molar-refractivity contribution is 0.300. The molecule has 2 aromatic carbocycles. The summed E-state index contributed by atoms with van der Waals surface area (Å²) in [5.74, 6) is 2.64. The number of halogens is 1. The number of ether oxygens (including phenoxy) is 1. The number of hydrogen-bond acceptors (Lipinski definition) is 4. The number of benzene rings is 2. The van der Waals surface area contributed by atoms with Gasteiger partial charge >= 0.3 is 0 Å². The summed E-state index contributed by atoms with van der Waals surface area (Å²) in [6.07, 6.45) is 3.59. The van der Waals surface area contributed by atoms with E-state index in [2.05, 4.69) is 41.4 Å². The van der Waals surface area contributed by atoms with E-state index in [0.29, 0.717) is 5.92 Å². The van der Waals surface area contributed by atoms with Gasteiger partial charge in [0.15, 0.2) is 0 Å². The molecule has 0 saturated heterocycles. The average molecular weight is 424 g/mol. The van der Waals surface area contributed by atoms with Crippen LogP contribution in [0.1, 0.15) is 42.4 Å². The maximum absolute atomic E-state index is 12.0. The van der Waals surface area contributed by atoms with Gasteiger partial charge in [0.2, 0.25) is 5.95 Å². The van der Waals surface area contributed by atoms with Crippen molar-refractivity contribution in [3.63, 3.8) is 0 Å². The van der Waals surface area contributed by atoms with Crippen molar-refractivity contribution in [1.29, 1.82) is 0 Å². The molecule has 2 saturated carbocycles. The van der Waals surface area contributed by atoms with E-state index in [4.69, 9.17) is 10.5 Å². The zero-order valence-corrected chi connectivity index (χ0v) is 17.8. The van der Waals surface area contributed by atoms with Crippen LogP contribution in [0.4, 0.5) is 5.95 Å². The maximum atomic E-state index is 12.0. The molecule has 5 nitrogen and oxygen atoms in total. The smallest absolute Gasteiger partial charge is 0.254 e. The van der Waals surface area contributed by atoms with Gasteiger partial charge in [0.1, 0.15) is 5.75 Å². The van der Waals surface area contributed by atoms with Crippen LogP contribution in [0, 0.1) is 5.92 Å². The van der Waals surface area contributed by atoms with Gasteiger partial charge in [-0.1, -0.05) is 36.4 Å². The van der Waals surface area contributed by atoms with Crippen LogP contribution >= 0.6 is 12.4 Å². The van der Waals surface area contributed by atoms with Crippen molar-refractivity contribution in [2.75, 3.05) is 12.3 Å². The average Bonchev–Trinajstić information content (AvgIpc) is 3.65. The molecule has 156 valence electrons. The molecule has 1 aromatic heterocycles. The molecule has 0 bridgehead atoms. The Morgan fingerprint density at radius 3 is 2.53 bits per heavy atom. The second-order valence-electron chi connectivity index (χ2n) is 8.29. The van der Waals surface area contributed by atoms with Crippen LogP contribution < -0.4 is 16.0 Å². The first-order valence-corrected chi connectivity index (χ1v) is 10.2. The molecule has 0 unspecified atom stereocenters. The molecular formula is C24H26ClN3O2. The van der Waals surface area contributed by atoms with Gasteiger partial charge in [-0.25, -0.2) is 4.98 Å². The molecule has 2 atom stereocenters. The van der Waals surface area contributed by atoms with Crippen LogP contribution in [0.15, 0.2) is 59.4 Å². The number of aromatic nitrogens is 2. The molecular weight excluding hydrogens is 398 g/mol. The number of anilines is 1. The first kappa shape index (κ1) is 20.5. The van der Waals surface area contributed by atoms with Crippen molar-refractivity contribution >= 4 is 18.4 Å². The molecule has 0 spiro atoms. The summed E-state index contributed by atoms with van der Waals surface area (Å²) < 4.78 is 7.28. The highest BCUT2D eigenvalue weighted by molar-refractivity contribution is 5.85. The molecule has 3 aromatic rings. The van der Waals surface area contributed by atoms with Crippen LogP contribution in [0.3, 0.4) is 0 Å². The Hall–Kier alpha value is -2.79. The molecule has 0 radical (unpaired) electrons. The third kappa shape index (κ3) is 4.21. The third-order valence-electron chi connectivity index (χ3n) is 6.05. The second-order valence-corrected chi connectivity index (χ2v) is 8.29. The van der Waals surface area contributed by atoms with Crippen molar-refractivity contribution in [1.82, 2.24) is 9.55 Å². The quantitative estimate of drug-likeness (QED) is 0.633. The highest BCUT2D eigenvalue weighted by atomic mass is 35.5. The number of nitrogens with two attached hydrogens (primary N) is 1. The van der Waals surface area contributed by atoms with E-state index >= 15 is 0 Å². The van der Waals surface area contributed by atoms with Gasteiger partial charge in [0, 0.05) is 19.0 Å². The van der Waals surface area contributed by atoms with Crippen LogP contribution in [0.5, 0.6) is 5.75 Å². The van der Waals surface area contributed by atoms with Crippen LogP contribution in [0.2, 0.25) is 0 Å². The highest BCUT2D eigenvalue weighted by Gasteiger charge is 2.41. The highest BCUT2D eigenvalue weighted by Crippen LogP contribution is 2.54. The number of rotatable bonds is 6. The molecule has 6 heteroatoms. The van der Waals surface area contributed by atoms with E-state index in [9.17, 15) is 4.79 Å². The van der Waals surface area contributed by atoms with E-state index in [0.717, 1.165) is 36.0 Å². The van der Waals surface area contributed by atoms with Gasteiger partial charge in [-0.3, -0.25) is 9.36 Å². The summed E-state index contributed by atoms with van der Waals surface area (Å²) in [6, 6.07) is 18.6. The summed E-state index contributed by atoms with van der Waals surface area (Å²) in [7, 11) is 1.64.